The number of anilines is 2. The number of aliphatic hydroxyl groups is 1. The molecule has 0 atom stereocenters. The quantitative estimate of drug-likeness (QED) is 0.789. The third-order valence-electron chi connectivity index (χ3n) is 4.28. The van der Waals surface area contributed by atoms with Gasteiger partial charge in [0, 0.05) is 19.2 Å². The first-order valence-electron chi connectivity index (χ1n) is 7.43. The number of nitrogens with zero attached hydrogens (tertiary/aromatic N) is 2. The molecule has 1 aliphatic carbocycles. The minimum Gasteiger partial charge on any atom is -0.388 e. The van der Waals surface area contributed by atoms with Crippen molar-refractivity contribution < 1.29 is 5.11 Å². The zero-order valence-corrected chi connectivity index (χ0v) is 13.0. The standard InChI is InChI=1S/C15H26N4O/c1-10-5-7-15(20,8-6-10)9-17-14-11(2)13(16-4)18-12(3)19-14/h10,20H,5-9H2,1-4H3,(H2,16,17,18,19). The van der Waals surface area contributed by atoms with Crippen molar-refractivity contribution in [3.8, 4) is 0 Å². The molecular formula is C15H26N4O. The molecule has 5 heteroatoms. The molecule has 1 aliphatic rings. The van der Waals surface area contributed by atoms with Gasteiger partial charge in [0.05, 0.1) is 5.60 Å². The van der Waals surface area contributed by atoms with Gasteiger partial charge in [0.15, 0.2) is 0 Å². The topological polar surface area (TPSA) is 70.1 Å². The number of nitrogens with one attached hydrogen (secondary N) is 2. The Labute approximate surface area is 121 Å². The van der Waals surface area contributed by atoms with E-state index in [1.54, 1.807) is 0 Å². The fourth-order valence-electron chi connectivity index (χ4n) is 2.77. The lowest BCUT2D eigenvalue weighted by Crippen LogP contribution is -2.40. The molecule has 0 radical (unpaired) electrons. The van der Waals surface area contributed by atoms with Gasteiger partial charge in [0.25, 0.3) is 0 Å². The minimum atomic E-state index is -0.600. The second-order valence-electron chi connectivity index (χ2n) is 6.10. The molecule has 5 nitrogen and oxygen atoms in total. The highest BCUT2D eigenvalue weighted by Gasteiger charge is 2.31. The number of aryl methyl sites for hydroxylation is 1. The van der Waals surface area contributed by atoms with Gasteiger partial charge in [-0.1, -0.05) is 6.92 Å². The first-order valence-corrected chi connectivity index (χ1v) is 7.43. The summed E-state index contributed by atoms with van der Waals surface area (Å²) in [4.78, 5) is 8.79. The summed E-state index contributed by atoms with van der Waals surface area (Å²) in [6, 6.07) is 0. The molecule has 1 heterocycles. The number of aromatic nitrogens is 2. The van der Waals surface area contributed by atoms with E-state index in [1.807, 2.05) is 20.9 Å². The van der Waals surface area contributed by atoms with E-state index in [-0.39, 0.29) is 0 Å². The molecular weight excluding hydrogens is 252 g/mol. The largest absolute Gasteiger partial charge is 0.388 e. The lowest BCUT2D eigenvalue weighted by Gasteiger charge is -2.35. The van der Waals surface area contributed by atoms with Gasteiger partial charge in [-0.05, 0) is 45.4 Å². The summed E-state index contributed by atoms with van der Waals surface area (Å²) in [5, 5.41) is 17.0. The predicted octanol–water partition coefficient (Wildman–Crippen LogP) is 2.49. The van der Waals surface area contributed by atoms with E-state index >= 15 is 0 Å². The summed E-state index contributed by atoms with van der Waals surface area (Å²) in [5.74, 6) is 3.11. The van der Waals surface area contributed by atoms with Crippen molar-refractivity contribution >= 4 is 11.6 Å². The molecule has 2 rings (SSSR count). The number of hydrogen-bond donors (Lipinski definition) is 3. The summed E-state index contributed by atoms with van der Waals surface area (Å²) < 4.78 is 0. The fourth-order valence-corrected chi connectivity index (χ4v) is 2.77. The Bertz CT molecular complexity index is 467. The van der Waals surface area contributed by atoms with Crippen LogP contribution in [0.25, 0.3) is 0 Å². The highest BCUT2D eigenvalue weighted by molar-refractivity contribution is 5.57. The van der Waals surface area contributed by atoms with Crippen molar-refractivity contribution in [2.45, 2.75) is 52.1 Å². The molecule has 20 heavy (non-hydrogen) atoms. The number of rotatable bonds is 4. The van der Waals surface area contributed by atoms with Gasteiger partial charge in [0.2, 0.25) is 0 Å². The van der Waals surface area contributed by atoms with Crippen molar-refractivity contribution in [2.75, 3.05) is 24.2 Å². The normalized spacial score (nSPS) is 26.4. The van der Waals surface area contributed by atoms with Crippen LogP contribution in [-0.4, -0.2) is 34.3 Å². The van der Waals surface area contributed by atoms with Crippen molar-refractivity contribution in [2.24, 2.45) is 5.92 Å². The Morgan fingerprint density at radius 3 is 2.40 bits per heavy atom. The molecule has 0 aromatic carbocycles. The van der Waals surface area contributed by atoms with Crippen LogP contribution in [0.5, 0.6) is 0 Å². The Hall–Kier alpha value is -1.36. The minimum absolute atomic E-state index is 0.556. The second kappa shape index (κ2) is 5.95. The first kappa shape index (κ1) is 15.0. The lowest BCUT2D eigenvalue weighted by atomic mass is 9.79. The third-order valence-corrected chi connectivity index (χ3v) is 4.28. The molecule has 0 unspecified atom stereocenters. The average Bonchev–Trinajstić information content (AvgIpc) is 2.43. The molecule has 0 amide bonds. The Morgan fingerprint density at radius 1 is 1.20 bits per heavy atom. The highest BCUT2D eigenvalue weighted by Crippen LogP contribution is 2.32. The monoisotopic (exact) mass is 278 g/mol. The first-order chi connectivity index (χ1) is 9.43. The SMILES string of the molecule is CNc1nc(C)nc(NCC2(O)CCC(C)CC2)c1C. The summed E-state index contributed by atoms with van der Waals surface area (Å²) in [6.45, 7) is 6.67. The van der Waals surface area contributed by atoms with E-state index in [2.05, 4.69) is 27.5 Å². The maximum Gasteiger partial charge on any atom is 0.134 e. The van der Waals surface area contributed by atoms with Crippen molar-refractivity contribution in [3.63, 3.8) is 0 Å². The smallest absolute Gasteiger partial charge is 0.134 e. The molecule has 0 spiro atoms. The molecule has 0 saturated heterocycles. The van der Waals surface area contributed by atoms with E-state index in [4.69, 9.17) is 0 Å². The van der Waals surface area contributed by atoms with Crippen LogP contribution >= 0.6 is 0 Å². The lowest BCUT2D eigenvalue weighted by molar-refractivity contribution is 0.00493. The Balaban J connectivity index is 2.05. The third kappa shape index (κ3) is 3.39. The van der Waals surface area contributed by atoms with Crippen LogP contribution in [0, 0.1) is 19.8 Å². The van der Waals surface area contributed by atoms with E-state index in [0.717, 1.165) is 54.6 Å². The average molecular weight is 278 g/mol. The maximum absolute atomic E-state index is 10.6. The zero-order valence-electron chi connectivity index (χ0n) is 13.0. The van der Waals surface area contributed by atoms with Gasteiger partial charge < -0.3 is 15.7 Å². The molecule has 1 aromatic heterocycles. The van der Waals surface area contributed by atoms with Gasteiger partial charge in [-0.15, -0.1) is 0 Å². The van der Waals surface area contributed by atoms with Crippen LogP contribution in [0.15, 0.2) is 0 Å². The molecule has 0 bridgehead atoms. The van der Waals surface area contributed by atoms with Gasteiger partial charge in [-0.25, -0.2) is 9.97 Å². The highest BCUT2D eigenvalue weighted by atomic mass is 16.3. The van der Waals surface area contributed by atoms with Crippen molar-refractivity contribution in [3.05, 3.63) is 11.4 Å². The van der Waals surface area contributed by atoms with Crippen molar-refractivity contribution in [1.82, 2.24) is 9.97 Å². The van der Waals surface area contributed by atoms with Gasteiger partial charge in [0.1, 0.15) is 17.5 Å². The molecule has 3 N–H and O–H groups in total. The van der Waals surface area contributed by atoms with Gasteiger partial charge in [-0.2, -0.15) is 0 Å². The summed E-state index contributed by atoms with van der Waals surface area (Å²) in [5.41, 5.74) is 0.392. The van der Waals surface area contributed by atoms with Crippen LogP contribution in [-0.2, 0) is 0 Å². The van der Waals surface area contributed by atoms with Crippen molar-refractivity contribution in [1.29, 1.82) is 0 Å². The van der Waals surface area contributed by atoms with Gasteiger partial charge in [-0.3, -0.25) is 0 Å². The van der Waals surface area contributed by atoms with Crippen LogP contribution < -0.4 is 10.6 Å². The van der Waals surface area contributed by atoms with E-state index in [0.29, 0.717) is 6.54 Å². The Kier molecular flexibility index (Phi) is 4.48. The van der Waals surface area contributed by atoms with E-state index in [9.17, 15) is 5.11 Å². The maximum atomic E-state index is 10.6. The molecule has 1 fully saturated rings. The molecule has 1 saturated carbocycles. The zero-order chi connectivity index (χ0) is 14.8. The summed E-state index contributed by atoms with van der Waals surface area (Å²) in [7, 11) is 1.86. The van der Waals surface area contributed by atoms with E-state index < -0.39 is 5.60 Å². The molecule has 112 valence electrons. The van der Waals surface area contributed by atoms with Crippen LogP contribution in [0.1, 0.15) is 44.0 Å². The number of hydrogen-bond acceptors (Lipinski definition) is 5. The van der Waals surface area contributed by atoms with Gasteiger partial charge >= 0.3 is 0 Å². The van der Waals surface area contributed by atoms with Crippen LogP contribution in [0.3, 0.4) is 0 Å². The molecule has 1 aromatic rings. The Morgan fingerprint density at radius 2 is 1.80 bits per heavy atom. The fraction of sp³-hybridized carbons (Fsp3) is 0.733. The predicted molar refractivity (Wildman–Crippen MR) is 82.1 cm³/mol. The summed E-state index contributed by atoms with van der Waals surface area (Å²) in [6.07, 6.45) is 3.93. The second-order valence-corrected chi connectivity index (χ2v) is 6.10. The molecule has 0 aliphatic heterocycles. The van der Waals surface area contributed by atoms with Crippen LogP contribution in [0.2, 0.25) is 0 Å². The summed E-state index contributed by atoms with van der Waals surface area (Å²) >= 11 is 0. The van der Waals surface area contributed by atoms with E-state index in [1.165, 1.54) is 0 Å². The van der Waals surface area contributed by atoms with Crippen LogP contribution in [0.4, 0.5) is 11.6 Å².